The van der Waals surface area contributed by atoms with Crippen molar-refractivity contribution in [3.8, 4) is 11.1 Å². The average molecular weight is 541 g/mol. The van der Waals surface area contributed by atoms with Crippen LogP contribution in [-0.4, -0.2) is 73.2 Å². The van der Waals surface area contributed by atoms with Gasteiger partial charge in [0, 0.05) is 61.6 Å². The number of hydrogen-bond acceptors (Lipinski definition) is 4. The summed E-state index contributed by atoms with van der Waals surface area (Å²) >= 11 is 6.52. The third-order valence-electron chi connectivity index (χ3n) is 6.98. The van der Waals surface area contributed by atoms with Crippen LogP contribution in [0.15, 0.2) is 42.5 Å². The van der Waals surface area contributed by atoms with E-state index in [2.05, 4.69) is 5.32 Å². The van der Waals surface area contributed by atoms with E-state index in [0.29, 0.717) is 42.7 Å². The van der Waals surface area contributed by atoms with Crippen molar-refractivity contribution >= 4 is 35.3 Å². The Hall–Kier alpha value is -3.26. The van der Waals surface area contributed by atoms with Gasteiger partial charge in [0.1, 0.15) is 5.60 Å². The van der Waals surface area contributed by atoms with E-state index in [1.165, 1.54) is 0 Å². The summed E-state index contributed by atoms with van der Waals surface area (Å²) in [5.74, 6) is 0.156. The SMILES string of the molecule is CNC(=O)c1ccc(-c2cccc(N3CCCN(CC4CCN(C(=O)OC(C)(C)C)CC4)C3=O)c2)c(Cl)c1. The second-order valence-electron chi connectivity index (χ2n) is 11.0. The smallest absolute Gasteiger partial charge is 0.410 e. The molecule has 2 aromatic rings. The number of likely N-dealkylation sites (tertiary alicyclic amines) is 1. The van der Waals surface area contributed by atoms with Gasteiger partial charge in [0.05, 0.1) is 0 Å². The van der Waals surface area contributed by atoms with Gasteiger partial charge in [0.25, 0.3) is 5.91 Å². The number of amides is 4. The fraction of sp³-hybridized carbons (Fsp3) is 0.483. The lowest BCUT2D eigenvalue weighted by Crippen LogP contribution is -2.52. The Morgan fingerprint density at radius 1 is 1.05 bits per heavy atom. The van der Waals surface area contributed by atoms with E-state index in [1.807, 2.05) is 60.9 Å². The number of benzene rings is 2. The quantitative estimate of drug-likeness (QED) is 0.531. The van der Waals surface area contributed by atoms with Crippen LogP contribution in [0.3, 0.4) is 0 Å². The molecular weight excluding hydrogens is 504 g/mol. The first-order valence-corrected chi connectivity index (χ1v) is 13.6. The summed E-state index contributed by atoms with van der Waals surface area (Å²) in [7, 11) is 1.58. The predicted octanol–water partition coefficient (Wildman–Crippen LogP) is 5.65. The molecule has 0 aliphatic carbocycles. The molecule has 0 spiro atoms. The minimum Gasteiger partial charge on any atom is -0.444 e. The Balaban J connectivity index is 1.40. The number of nitrogens with zero attached hydrogens (tertiary/aromatic N) is 3. The molecule has 0 bridgehead atoms. The van der Waals surface area contributed by atoms with E-state index < -0.39 is 5.60 Å². The number of urea groups is 1. The van der Waals surface area contributed by atoms with E-state index in [9.17, 15) is 14.4 Å². The van der Waals surface area contributed by atoms with Gasteiger partial charge in [0.15, 0.2) is 0 Å². The van der Waals surface area contributed by atoms with Crippen molar-refractivity contribution in [3.63, 3.8) is 0 Å². The van der Waals surface area contributed by atoms with E-state index in [0.717, 1.165) is 42.6 Å². The largest absolute Gasteiger partial charge is 0.444 e. The number of anilines is 1. The minimum absolute atomic E-state index is 0.00373. The monoisotopic (exact) mass is 540 g/mol. The van der Waals surface area contributed by atoms with Crippen molar-refractivity contribution in [2.45, 2.75) is 45.6 Å². The topological polar surface area (TPSA) is 82.2 Å². The molecule has 2 aliphatic heterocycles. The molecule has 0 atom stereocenters. The molecule has 0 saturated carbocycles. The maximum Gasteiger partial charge on any atom is 0.410 e. The second kappa shape index (κ2) is 11.6. The first kappa shape index (κ1) is 27.8. The van der Waals surface area contributed by atoms with Gasteiger partial charge in [0.2, 0.25) is 0 Å². The van der Waals surface area contributed by atoms with Gasteiger partial charge < -0.3 is 19.9 Å². The molecule has 0 radical (unpaired) electrons. The van der Waals surface area contributed by atoms with Crippen LogP contribution in [-0.2, 0) is 4.74 Å². The summed E-state index contributed by atoms with van der Waals surface area (Å²) in [4.78, 5) is 43.3. The number of carbonyl (C=O) groups excluding carboxylic acids is 3. The summed E-state index contributed by atoms with van der Waals surface area (Å²) in [6.07, 6.45) is 2.32. The van der Waals surface area contributed by atoms with Crippen LogP contribution < -0.4 is 10.2 Å². The normalized spacial score (nSPS) is 17.0. The molecule has 2 fully saturated rings. The van der Waals surface area contributed by atoms with Gasteiger partial charge >= 0.3 is 12.1 Å². The molecule has 2 saturated heterocycles. The molecule has 2 heterocycles. The third kappa shape index (κ3) is 6.59. The molecule has 0 aromatic heterocycles. The lowest BCUT2D eigenvalue weighted by Gasteiger charge is -2.39. The predicted molar refractivity (Wildman–Crippen MR) is 150 cm³/mol. The zero-order valence-electron chi connectivity index (χ0n) is 22.6. The molecule has 4 amide bonds. The van der Waals surface area contributed by atoms with Gasteiger partial charge in [-0.15, -0.1) is 0 Å². The van der Waals surface area contributed by atoms with Gasteiger partial charge in [-0.1, -0.05) is 29.8 Å². The number of hydrogen-bond donors (Lipinski definition) is 1. The molecule has 8 nitrogen and oxygen atoms in total. The van der Waals surface area contributed by atoms with Gasteiger partial charge in [-0.05, 0) is 75.8 Å². The van der Waals surface area contributed by atoms with Crippen LogP contribution in [0.2, 0.25) is 5.02 Å². The van der Waals surface area contributed by atoms with Crippen LogP contribution in [0.25, 0.3) is 11.1 Å². The molecule has 2 aliphatic rings. The van der Waals surface area contributed by atoms with Gasteiger partial charge in [-0.25, -0.2) is 9.59 Å². The summed E-state index contributed by atoms with van der Waals surface area (Å²) in [6, 6.07) is 13.0. The standard InChI is InChI=1S/C29H37ClN4O4/c1-29(2,3)38-28(37)32-15-11-20(12-16-32)19-33-13-6-14-34(27(33)36)23-8-5-7-21(17-23)24-10-9-22(18-25(24)30)26(35)31-4/h5,7-10,17-18,20H,6,11-16,19H2,1-4H3,(H,31,35). The van der Waals surface area contributed by atoms with E-state index in [1.54, 1.807) is 24.1 Å². The summed E-state index contributed by atoms with van der Waals surface area (Å²) < 4.78 is 5.50. The lowest BCUT2D eigenvalue weighted by atomic mass is 9.96. The highest BCUT2D eigenvalue weighted by molar-refractivity contribution is 6.33. The number of halogens is 1. The Bertz CT molecular complexity index is 1190. The summed E-state index contributed by atoms with van der Waals surface area (Å²) in [5.41, 5.74) is 2.50. The fourth-order valence-corrected chi connectivity index (χ4v) is 5.29. The maximum atomic E-state index is 13.5. The molecule has 4 rings (SSSR count). The van der Waals surface area contributed by atoms with Crippen LogP contribution in [0.5, 0.6) is 0 Å². The molecule has 38 heavy (non-hydrogen) atoms. The second-order valence-corrected chi connectivity index (χ2v) is 11.4. The first-order valence-electron chi connectivity index (χ1n) is 13.2. The Morgan fingerprint density at radius 2 is 1.79 bits per heavy atom. The lowest BCUT2D eigenvalue weighted by molar-refractivity contribution is 0.0173. The maximum absolute atomic E-state index is 13.5. The van der Waals surface area contributed by atoms with E-state index in [4.69, 9.17) is 16.3 Å². The molecule has 2 aromatic carbocycles. The molecule has 1 N–H and O–H groups in total. The zero-order valence-corrected chi connectivity index (χ0v) is 23.4. The number of rotatable bonds is 5. The molecule has 9 heteroatoms. The van der Waals surface area contributed by atoms with E-state index in [-0.39, 0.29) is 18.0 Å². The zero-order chi connectivity index (χ0) is 27.4. The molecule has 204 valence electrons. The highest BCUT2D eigenvalue weighted by atomic mass is 35.5. The summed E-state index contributed by atoms with van der Waals surface area (Å²) in [5, 5.41) is 3.08. The Labute approximate surface area is 229 Å². The van der Waals surface area contributed by atoms with Crippen LogP contribution >= 0.6 is 11.6 Å². The molecule has 0 unspecified atom stereocenters. The summed E-state index contributed by atoms with van der Waals surface area (Å²) in [6.45, 7) is 8.98. The van der Waals surface area contributed by atoms with Crippen molar-refractivity contribution in [1.29, 1.82) is 0 Å². The number of carbonyl (C=O) groups is 3. The van der Waals surface area contributed by atoms with Crippen LogP contribution in [0, 0.1) is 5.92 Å². The van der Waals surface area contributed by atoms with Crippen molar-refractivity contribution in [3.05, 3.63) is 53.1 Å². The average Bonchev–Trinajstić information content (AvgIpc) is 2.89. The highest BCUT2D eigenvalue weighted by Gasteiger charge is 2.32. The highest BCUT2D eigenvalue weighted by Crippen LogP contribution is 2.32. The van der Waals surface area contributed by atoms with Crippen molar-refractivity contribution in [2.75, 3.05) is 44.7 Å². The van der Waals surface area contributed by atoms with Crippen molar-refractivity contribution < 1.29 is 19.1 Å². The van der Waals surface area contributed by atoms with Crippen LogP contribution in [0.1, 0.15) is 50.4 Å². The minimum atomic E-state index is -0.505. The Morgan fingerprint density at radius 3 is 2.45 bits per heavy atom. The number of ether oxygens (including phenoxy) is 1. The molecular formula is C29H37ClN4O4. The van der Waals surface area contributed by atoms with Crippen molar-refractivity contribution in [2.24, 2.45) is 5.92 Å². The van der Waals surface area contributed by atoms with Crippen molar-refractivity contribution in [1.82, 2.24) is 15.1 Å². The number of nitrogens with one attached hydrogen (secondary N) is 1. The van der Waals surface area contributed by atoms with Crippen LogP contribution in [0.4, 0.5) is 15.3 Å². The van der Waals surface area contributed by atoms with Gasteiger partial charge in [-0.2, -0.15) is 0 Å². The Kier molecular flexibility index (Phi) is 8.51. The number of piperidine rings is 1. The first-order chi connectivity index (χ1) is 18.1. The fourth-order valence-electron chi connectivity index (χ4n) is 5.00. The van der Waals surface area contributed by atoms with E-state index >= 15 is 0 Å². The third-order valence-corrected chi connectivity index (χ3v) is 7.30. The van der Waals surface area contributed by atoms with Gasteiger partial charge in [-0.3, -0.25) is 9.69 Å².